The minimum Gasteiger partial charge on any atom is -0.391 e. The zero-order valence-corrected chi connectivity index (χ0v) is 9.31. The highest BCUT2D eigenvalue weighted by atomic mass is 16.8. The third-order valence-electron chi connectivity index (χ3n) is 1.48. The van der Waals surface area contributed by atoms with Crippen LogP contribution in [0, 0.1) is 0 Å². The summed E-state index contributed by atoms with van der Waals surface area (Å²) in [4.78, 5) is 0. The van der Waals surface area contributed by atoms with Gasteiger partial charge in [0.05, 0.1) is 33.0 Å². The van der Waals surface area contributed by atoms with Crippen LogP contribution in [0.4, 0.5) is 0 Å². The van der Waals surface area contributed by atoms with Gasteiger partial charge in [-0.1, -0.05) is 0 Å². The summed E-state index contributed by atoms with van der Waals surface area (Å²) in [6, 6.07) is 0. The quantitative estimate of drug-likeness (QED) is 0.381. The van der Waals surface area contributed by atoms with E-state index >= 15 is 0 Å². The van der Waals surface area contributed by atoms with Gasteiger partial charge in [-0.15, -0.1) is 0 Å². The molecular formula is C9H20O6. The Bertz CT molecular complexity index is 121. The Morgan fingerprint density at radius 1 is 0.933 bits per heavy atom. The van der Waals surface area contributed by atoms with Gasteiger partial charge in [0.2, 0.25) is 0 Å². The van der Waals surface area contributed by atoms with E-state index in [2.05, 4.69) is 4.74 Å². The average molecular weight is 224 g/mol. The van der Waals surface area contributed by atoms with Crippen molar-refractivity contribution in [2.75, 3.05) is 54.0 Å². The van der Waals surface area contributed by atoms with E-state index in [1.165, 1.54) is 7.11 Å². The van der Waals surface area contributed by atoms with Crippen molar-refractivity contribution in [2.24, 2.45) is 0 Å². The first-order chi connectivity index (χ1) is 7.35. The van der Waals surface area contributed by atoms with Crippen molar-refractivity contribution in [2.45, 2.75) is 6.29 Å². The first-order valence-corrected chi connectivity index (χ1v) is 4.74. The highest BCUT2D eigenvalue weighted by Crippen LogP contribution is 1.94. The van der Waals surface area contributed by atoms with Gasteiger partial charge < -0.3 is 28.8 Å². The summed E-state index contributed by atoms with van der Waals surface area (Å²) in [5.74, 6) is 0. The van der Waals surface area contributed by atoms with Gasteiger partial charge in [-0.05, 0) is 0 Å². The van der Waals surface area contributed by atoms with Crippen LogP contribution in [0.5, 0.6) is 0 Å². The lowest BCUT2D eigenvalue weighted by Crippen LogP contribution is -2.24. The third-order valence-corrected chi connectivity index (χ3v) is 1.48. The van der Waals surface area contributed by atoms with E-state index in [-0.39, 0.29) is 13.4 Å². The van der Waals surface area contributed by atoms with E-state index in [0.29, 0.717) is 26.4 Å². The maximum Gasteiger partial charge on any atom is 0.183 e. The normalized spacial score (nSPS) is 13.0. The first kappa shape index (κ1) is 14.8. The molecule has 0 aliphatic heterocycles. The highest BCUT2D eigenvalue weighted by molar-refractivity contribution is 4.39. The van der Waals surface area contributed by atoms with Crippen LogP contribution in [-0.2, 0) is 23.7 Å². The Hall–Kier alpha value is -0.240. The lowest BCUT2D eigenvalue weighted by Gasteiger charge is -2.15. The molecule has 92 valence electrons. The van der Waals surface area contributed by atoms with Crippen molar-refractivity contribution in [3.63, 3.8) is 0 Å². The number of rotatable bonds is 11. The molecule has 0 radical (unpaired) electrons. The van der Waals surface area contributed by atoms with Crippen LogP contribution >= 0.6 is 0 Å². The molecule has 6 nitrogen and oxygen atoms in total. The molecular weight excluding hydrogens is 204 g/mol. The molecule has 0 aromatic heterocycles. The van der Waals surface area contributed by atoms with E-state index in [1.807, 2.05) is 0 Å². The second-order valence-electron chi connectivity index (χ2n) is 2.66. The second kappa shape index (κ2) is 11.8. The number of hydrogen-bond donors (Lipinski definition) is 1. The van der Waals surface area contributed by atoms with E-state index in [1.54, 1.807) is 7.11 Å². The number of hydrogen-bond acceptors (Lipinski definition) is 6. The van der Waals surface area contributed by atoms with E-state index in [0.717, 1.165) is 0 Å². The summed E-state index contributed by atoms with van der Waals surface area (Å²) in [5, 5.41) is 8.83. The minimum absolute atomic E-state index is 0.0930. The molecule has 0 saturated carbocycles. The smallest absolute Gasteiger partial charge is 0.183 e. The Labute approximate surface area is 90.0 Å². The fourth-order valence-corrected chi connectivity index (χ4v) is 0.780. The molecule has 15 heavy (non-hydrogen) atoms. The van der Waals surface area contributed by atoms with Gasteiger partial charge in [0.15, 0.2) is 6.29 Å². The summed E-state index contributed by atoms with van der Waals surface area (Å²) in [6.07, 6.45) is -0.657. The summed E-state index contributed by atoms with van der Waals surface area (Å²) in [7, 11) is 3.11. The van der Waals surface area contributed by atoms with Crippen LogP contribution < -0.4 is 0 Å². The summed E-state index contributed by atoms with van der Waals surface area (Å²) < 4.78 is 24.8. The molecule has 0 fully saturated rings. The van der Waals surface area contributed by atoms with Crippen molar-refractivity contribution in [1.82, 2.24) is 0 Å². The molecule has 0 amide bonds. The number of aliphatic hydroxyl groups excluding tert-OH is 1. The van der Waals surface area contributed by atoms with Crippen LogP contribution in [0.2, 0.25) is 0 Å². The molecule has 0 bridgehead atoms. The molecule has 1 unspecified atom stereocenters. The van der Waals surface area contributed by atoms with Gasteiger partial charge in [0.25, 0.3) is 0 Å². The number of ether oxygens (including phenoxy) is 5. The molecule has 6 heteroatoms. The van der Waals surface area contributed by atoms with Crippen LogP contribution in [0.3, 0.4) is 0 Å². The molecule has 0 rings (SSSR count). The SMILES string of the molecule is COCCOCCOC(CO)OCOC. The van der Waals surface area contributed by atoms with Gasteiger partial charge in [0, 0.05) is 14.2 Å². The summed E-state index contributed by atoms with van der Waals surface area (Å²) in [6.45, 7) is 1.78. The lowest BCUT2D eigenvalue weighted by atomic mass is 10.6. The number of aliphatic hydroxyl groups is 1. The Morgan fingerprint density at radius 3 is 2.27 bits per heavy atom. The highest BCUT2D eigenvalue weighted by Gasteiger charge is 2.06. The molecule has 0 aromatic rings. The van der Waals surface area contributed by atoms with Gasteiger partial charge >= 0.3 is 0 Å². The molecule has 0 spiro atoms. The van der Waals surface area contributed by atoms with Crippen molar-refractivity contribution < 1.29 is 28.8 Å². The van der Waals surface area contributed by atoms with Crippen LogP contribution in [0.1, 0.15) is 0 Å². The number of methoxy groups -OCH3 is 2. The molecule has 0 saturated heterocycles. The van der Waals surface area contributed by atoms with Crippen molar-refractivity contribution in [1.29, 1.82) is 0 Å². The van der Waals surface area contributed by atoms with Crippen LogP contribution in [0.15, 0.2) is 0 Å². The van der Waals surface area contributed by atoms with Gasteiger partial charge in [0.1, 0.15) is 6.79 Å². The Balaban J connectivity index is 3.22. The van der Waals surface area contributed by atoms with E-state index in [9.17, 15) is 0 Å². The molecule has 0 aliphatic carbocycles. The van der Waals surface area contributed by atoms with Crippen molar-refractivity contribution in [3.8, 4) is 0 Å². The zero-order valence-electron chi connectivity index (χ0n) is 9.31. The van der Waals surface area contributed by atoms with E-state index in [4.69, 9.17) is 24.1 Å². The molecule has 0 aromatic carbocycles. The Morgan fingerprint density at radius 2 is 1.67 bits per heavy atom. The first-order valence-electron chi connectivity index (χ1n) is 4.74. The lowest BCUT2D eigenvalue weighted by molar-refractivity contribution is -0.207. The molecule has 1 N–H and O–H groups in total. The van der Waals surface area contributed by atoms with E-state index < -0.39 is 6.29 Å². The predicted molar refractivity (Wildman–Crippen MR) is 52.5 cm³/mol. The molecule has 0 aliphatic rings. The van der Waals surface area contributed by atoms with Crippen molar-refractivity contribution >= 4 is 0 Å². The molecule has 1 atom stereocenters. The maximum atomic E-state index is 8.83. The van der Waals surface area contributed by atoms with Crippen LogP contribution in [0.25, 0.3) is 0 Å². The van der Waals surface area contributed by atoms with Gasteiger partial charge in [-0.25, -0.2) is 0 Å². The van der Waals surface area contributed by atoms with Gasteiger partial charge in [-0.2, -0.15) is 0 Å². The van der Waals surface area contributed by atoms with Crippen LogP contribution in [-0.4, -0.2) is 65.4 Å². The third kappa shape index (κ3) is 10.1. The fourth-order valence-electron chi connectivity index (χ4n) is 0.780. The standard InChI is InChI=1S/C9H20O6/c1-11-3-4-13-5-6-14-9(7-10)15-8-12-2/h9-10H,3-8H2,1-2H3. The minimum atomic E-state index is -0.657. The largest absolute Gasteiger partial charge is 0.391 e. The topological polar surface area (TPSA) is 66.4 Å². The average Bonchev–Trinajstić information content (AvgIpc) is 2.27. The zero-order chi connectivity index (χ0) is 11.4. The summed E-state index contributed by atoms with van der Waals surface area (Å²) in [5.41, 5.74) is 0. The second-order valence-corrected chi connectivity index (χ2v) is 2.66. The van der Waals surface area contributed by atoms with Crippen molar-refractivity contribution in [3.05, 3.63) is 0 Å². The Kier molecular flexibility index (Phi) is 11.6. The summed E-state index contributed by atoms with van der Waals surface area (Å²) >= 11 is 0. The molecule has 0 heterocycles. The monoisotopic (exact) mass is 224 g/mol. The maximum absolute atomic E-state index is 8.83. The van der Waals surface area contributed by atoms with Gasteiger partial charge in [-0.3, -0.25) is 0 Å². The fraction of sp³-hybridized carbons (Fsp3) is 1.00. The predicted octanol–water partition coefficient (Wildman–Crippen LogP) is -0.395.